The minimum atomic E-state index is -0.783. The highest BCUT2D eigenvalue weighted by Gasteiger charge is 2.26. The van der Waals surface area contributed by atoms with E-state index in [2.05, 4.69) is 5.10 Å². The van der Waals surface area contributed by atoms with E-state index in [9.17, 15) is 18.8 Å². The summed E-state index contributed by atoms with van der Waals surface area (Å²) in [5, 5.41) is 4.15. The van der Waals surface area contributed by atoms with Gasteiger partial charge in [0.25, 0.3) is 11.5 Å². The fourth-order valence-electron chi connectivity index (χ4n) is 3.40. The first-order valence-electron chi connectivity index (χ1n) is 9.87. The summed E-state index contributed by atoms with van der Waals surface area (Å²) in [6.45, 7) is 3.15. The van der Waals surface area contributed by atoms with Crippen molar-refractivity contribution >= 4 is 5.91 Å². The Morgan fingerprint density at radius 3 is 2.48 bits per heavy atom. The molecule has 0 spiro atoms. The van der Waals surface area contributed by atoms with Gasteiger partial charge in [0.15, 0.2) is 0 Å². The quantitative estimate of drug-likeness (QED) is 0.631. The van der Waals surface area contributed by atoms with Gasteiger partial charge in [0.05, 0.1) is 25.4 Å². The van der Waals surface area contributed by atoms with Gasteiger partial charge >= 0.3 is 5.69 Å². The van der Waals surface area contributed by atoms with Crippen LogP contribution in [0.5, 0.6) is 0 Å². The molecule has 2 aromatic carbocycles. The summed E-state index contributed by atoms with van der Waals surface area (Å²) in [6, 6.07) is 12.5. The average Bonchev–Trinajstić information content (AvgIpc) is 2.78. The number of benzene rings is 2. The second-order valence-corrected chi connectivity index (χ2v) is 7.30. The van der Waals surface area contributed by atoms with Gasteiger partial charge in [-0.2, -0.15) is 9.78 Å². The molecular weight excluding hydrogens is 403 g/mol. The van der Waals surface area contributed by atoms with E-state index in [0.717, 1.165) is 14.8 Å². The molecule has 1 fully saturated rings. The van der Waals surface area contributed by atoms with Crippen molar-refractivity contribution in [2.24, 2.45) is 0 Å². The second kappa shape index (κ2) is 8.65. The van der Waals surface area contributed by atoms with Gasteiger partial charge in [-0.25, -0.2) is 9.18 Å². The Morgan fingerprint density at radius 2 is 1.81 bits per heavy atom. The van der Waals surface area contributed by atoms with E-state index < -0.39 is 23.0 Å². The van der Waals surface area contributed by atoms with Crippen molar-refractivity contribution in [2.45, 2.75) is 13.5 Å². The summed E-state index contributed by atoms with van der Waals surface area (Å²) in [6.07, 6.45) is 0. The molecule has 1 saturated heterocycles. The Morgan fingerprint density at radius 1 is 1.10 bits per heavy atom. The lowest BCUT2D eigenvalue weighted by atomic mass is 10.2. The summed E-state index contributed by atoms with van der Waals surface area (Å²) >= 11 is 0. The largest absolute Gasteiger partial charge is 0.378 e. The van der Waals surface area contributed by atoms with Crippen molar-refractivity contribution < 1.29 is 13.9 Å². The number of carbonyl (C=O) groups excluding carboxylic acids is 1. The molecule has 0 saturated carbocycles. The number of hydrogen-bond donors (Lipinski definition) is 0. The monoisotopic (exact) mass is 424 g/mol. The van der Waals surface area contributed by atoms with Crippen molar-refractivity contribution in [3.05, 3.63) is 92.0 Å². The van der Waals surface area contributed by atoms with Gasteiger partial charge in [0.2, 0.25) is 5.69 Å². The lowest BCUT2D eigenvalue weighted by Gasteiger charge is -2.26. The zero-order valence-corrected chi connectivity index (χ0v) is 17.0. The van der Waals surface area contributed by atoms with Gasteiger partial charge in [-0.15, -0.1) is 0 Å². The van der Waals surface area contributed by atoms with Crippen LogP contribution in [0.2, 0.25) is 0 Å². The maximum absolute atomic E-state index is 13.3. The van der Waals surface area contributed by atoms with Gasteiger partial charge in [-0.05, 0) is 42.3 Å². The minimum absolute atomic E-state index is 0.115. The Balaban J connectivity index is 1.87. The molecule has 0 unspecified atom stereocenters. The molecule has 0 aliphatic carbocycles. The maximum Gasteiger partial charge on any atom is 0.352 e. The highest BCUT2D eigenvalue weighted by atomic mass is 19.1. The zero-order chi connectivity index (χ0) is 22.0. The van der Waals surface area contributed by atoms with E-state index in [0.29, 0.717) is 37.6 Å². The van der Waals surface area contributed by atoms with Gasteiger partial charge in [-0.3, -0.25) is 14.2 Å². The molecule has 8 nitrogen and oxygen atoms in total. The number of hydrogen-bond acceptors (Lipinski definition) is 5. The van der Waals surface area contributed by atoms with E-state index in [-0.39, 0.29) is 12.2 Å². The van der Waals surface area contributed by atoms with Crippen LogP contribution in [-0.4, -0.2) is 51.5 Å². The Hall–Kier alpha value is -3.59. The summed E-state index contributed by atoms with van der Waals surface area (Å²) in [5.41, 5.74) is 0.0723. The predicted molar refractivity (Wildman–Crippen MR) is 111 cm³/mol. The lowest BCUT2D eigenvalue weighted by molar-refractivity contribution is 0.0295. The lowest BCUT2D eigenvalue weighted by Crippen LogP contribution is -2.48. The number of rotatable bonds is 4. The first-order chi connectivity index (χ1) is 14.9. The van der Waals surface area contributed by atoms with Crippen molar-refractivity contribution in [3.8, 4) is 5.69 Å². The molecule has 1 aliphatic heterocycles. The van der Waals surface area contributed by atoms with Crippen LogP contribution in [0.4, 0.5) is 4.39 Å². The third-order valence-corrected chi connectivity index (χ3v) is 5.06. The molecule has 1 amide bonds. The van der Waals surface area contributed by atoms with Gasteiger partial charge in [0, 0.05) is 13.1 Å². The molecule has 4 rings (SSSR count). The Labute approximate surface area is 177 Å². The number of halogens is 1. The highest BCUT2D eigenvalue weighted by molar-refractivity contribution is 5.91. The second-order valence-electron chi connectivity index (χ2n) is 7.30. The molecule has 2 heterocycles. The van der Waals surface area contributed by atoms with Crippen molar-refractivity contribution in [1.82, 2.24) is 19.2 Å². The van der Waals surface area contributed by atoms with Crippen LogP contribution >= 0.6 is 0 Å². The van der Waals surface area contributed by atoms with Crippen molar-refractivity contribution in [3.63, 3.8) is 0 Å². The van der Waals surface area contributed by atoms with Crippen LogP contribution in [-0.2, 0) is 11.3 Å². The molecule has 31 heavy (non-hydrogen) atoms. The minimum Gasteiger partial charge on any atom is -0.378 e. The zero-order valence-electron chi connectivity index (χ0n) is 17.0. The number of aromatic nitrogens is 3. The first kappa shape index (κ1) is 20.7. The third-order valence-electron chi connectivity index (χ3n) is 5.06. The number of morpholine rings is 1. The molecule has 1 aliphatic rings. The normalized spacial score (nSPS) is 13.9. The molecule has 0 atom stereocenters. The average molecular weight is 424 g/mol. The SMILES string of the molecule is Cc1cccc(-n2nc(C(=O)N3CCOCC3)c(=O)n(Cc3ccc(F)cc3)c2=O)c1. The summed E-state index contributed by atoms with van der Waals surface area (Å²) in [4.78, 5) is 40.8. The molecule has 3 aromatic rings. The van der Waals surface area contributed by atoms with Gasteiger partial charge < -0.3 is 9.64 Å². The van der Waals surface area contributed by atoms with E-state index in [1.165, 1.54) is 29.2 Å². The maximum atomic E-state index is 13.3. The molecule has 0 bridgehead atoms. The van der Waals surface area contributed by atoms with E-state index in [4.69, 9.17) is 4.74 Å². The van der Waals surface area contributed by atoms with E-state index >= 15 is 0 Å². The molecule has 0 N–H and O–H groups in total. The van der Waals surface area contributed by atoms with Crippen molar-refractivity contribution in [1.29, 1.82) is 0 Å². The fourth-order valence-corrected chi connectivity index (χ4v) is 3.40. The van der Waals surface area contributed by atoms with Crippen molar-refractivity contribution in [2.75, 3.05) is 26.3 Å². The van der Waals surface area contributed by atoms with Crippen LogP contribution in [0, 0.1) is 12.7 Å². The Bertz CT molecular complexity index is 1230. The topological polar surface area (TPSA) is 86.4 Å². The molecule has 0 radical (unpaired) electrons. The van der Waals surface area contributed by atoms with Crippen LogP contribution < -0.4 is 11.2 Å². The van der Waals surface area contributed by atoms with E-state index in [1.807, 2.05) is 13.0 Å². The van der Waals surface area contributed by atoms with Crippen LogP contribution in [0.15, 0.2) is 58.1 Å². The molecule has 160 valence electrons. The smallest absolute Gasteiger partial charge is 0.352 e. The summed E-state index contributed by atoms with van der Waals surface area (Å²) in [7, 11) is 0. The molecular formula is C22H21FN4O4. The predicted octanol–water partition coefficient (Wildman–Crippen LogP) is 1.36. The first-order valence-corrected chi connectivity index (χ1v) is 9.87. The highest BCUT2D eigenvalue weighted by Crippen LogP contribution is 2.09. The van der Waals surface area contributed by atoms with Crippen LogP contribution in [0.1, 0.15) is 21.6 Å². The number of aryl methyl sites for hydroxylation is 1. The number of nitrogens with zero attached hydrogens (tertiary/aromatic N) is 4. The van der Waals surface area contributed by atoms with Gasteiger partial charge in [-0.1, -0.05) is 24.3 Å². The summed E-state index contributed by atoms with van der Waals surface area (Å²) < 4.78 is 20.6. The number of carbonyl (C=O) groups is 1. The molecule has 9 heteroatoms. The molecule has 1 aromatic heterocycles. The standard InChI is InChI=1S/C22H21FN4O4/c1-15-3-2-4-18(13-15)27-22(30)26(14-16-5-7-17(23)8-6-16)21(29)19(24-27)20(28)25-9-11-31-12-10-25/h2-8,13H,9-12,14H2,1H3. The van der Waals surface area contributed by atoms with Gasteiger partial charge in [0.1, 0.15) is 5.82 Å². The number of ether oxygens (including phenoxy) is 1. The van der Waals surface area contributed by atoms with Crippen LogP contribution in [0.25, 0.3) is 5.69 Å². The van der Waals surface area contributed by atoms with E-state index in [1.54, 1.807) is 18.2 Å². The summed E-state index contributed by atoms with van der Waals surface area (Å²) in [5.74, 6) is -0.978. The Kier molecular flexibility index (Phi) is 5.77. The number of amides is 1. The fraction of sp³-hybridized carbons (Fsp3) is 0.273. The van der Waals surface area contributed by atoms with Crippen LogP contribution in [0.3, 0.4) is 0 Å². The third kappa shape index (κ3) is 4.31.